The molecule has 0 aromatic rings. The predicted molar refractivity (Wildman–Crippen MR) is 56.8 cm³/mol. The molecule has 0 spiro atoms. The third-order valence-electron chi connectivity index (χ3n) is 2.88. The molecule has 4 heteroatoms. The minimum absolute atomic E-state index is 0.0553. The molecular formula is C11H16N2O2. The van der Waals surface area contributed by atoms with E-state index in [0.717, 1.165) is 0 Å². The fourth-order valence-electron chi connectivity index (χ4n) is 1.59. The zero-order chi connectivity index (χ0) is 11.6. The van der Waals surface area contributed by atoms with Gasteiger partial charge in [0, 0.05) is 0 Å². The Labute approximate surface area is 90.0 Å². The highest BCUT2D eigenvalue weighted by Gasteiger charge is 2.42. The van der Waals surface area contributed by atoms with Gasteiger partial charge in [-0.15, -0.1) is 6.42 Å². The Morgan fingerprint density at radius 2 is 2.27 bits per heavy atom. The van der Waals surface area contributed by atoms with E-state index in [2.05, 4.69) is 11.2 Å². The maximum absolute atomic E-state index is 12.0. The van der Waals surface area contributed by atoms with Gasteiger partial charge >= 0.3 is 0 Å². The Morgan fingerprint density at radius 1 is 1.67 bits per heavy atom. The topological polar surface area (TPSA) is 49.4 Å². The molecule has 1 saturated heterocycles. The molecule has 0 saturated carbocycles. The highest BCUT2D eigenvalue weighted by Crippen LogP contribution is 2.19. The van der Waals surface area contributed by atoms with Crippen LogP contribution >= 0.6 is 0 Å². The lowest BCUT2D eigenvalue weighted by Crippen LogP contribution is -2.66. The predicted octanol–water partition coefficient (Wildman–Crippen LogP) is 0.135. The number of nitrogens with zero attached hydrogens (tertiary/aromatic N) is 1. The smallest absolute Gasteiger partial charge is 0.249 e. The SMILES string of the molecule is C#CC(C)N1CC(=O)NC(C)(CC)C1=O. The van der Waals surface area contributed by atoms with Crippen LogP contribution in [0.25, 0.3) is 0 Å². The Kier molecular flexibility index (Phi) is 3.04. The molecule has 1 aliphatic heterocycles. The molecule has 0 aliphatic carbocycles. The number of amides is 2. The van der Waals surface area contributed by atoms with Crippen molar-refractivity contribution in [1.82, 2.24) is 10.2 Å². The second kappa shape index (κ2) is 3.93. The monoisotopic (exact) mass is 208 g/mol. The van der Waals surface area contributed by atoms with Gasteiger partial charge in [-0.05, 0) is 20.3 Å². The average Bonchev–Trinajstić information content (AvgIpc) is 2.22. The summed E-state index contributed by atoms with van der Waals surface area (Å²) in [6.45, 7) is 5.39. The molecule has 1 heterocycles. The molecule has 1 aliphatic rings. The highest BCUT2D eigenvalue weighted by atomic mass is 16.2. The fraction of sp³-hybridized carbons (Fsp3) is 0.636. The van der Waals surface area contributed by atoms with E-state index in [1.807, 2.05) is 6.92 Å². The maximum Gasteiger partial charge on any atom is 0.249 e. The normalized spacial score (nSPS) is 28.3. The lowest BCUT2D eigenvalue weighted by atomic mass is 9.93. The van der Waals surface area contributed by atoms with Crippen LogP contribution in [0.4, 0.5) is 0 Å². The summed E-state index contributed by atoms with van der Waals surface area (Å²) < 4.78 is 0. The van der Waals surface area contributed by atoms with Crippen LogP contribution < -0.4 is 5.32 Å². The van der Waals surface area contributed by atoms with Gasteiger partial charge in [0.25, 0.3) is 0 Å². The molecule has 1 rings (SSSR count). The molecule has 2 atom stereocenters. The van der Waals surface area contributed by atoms with Gasteiger partial charge in [-0.2, -0.15) is 0 Å². The van der Waals surface area contributed by atoms with Gasteiger partial charge < -0.3 is 10.2 Å². The summed E-state index contributed by atoms with van der Waals surface area (Å²) in [6.07, 6.45) is 5.83. The minimum Gasteiger partial charge on any atom is -0.340 e. The number of terminal acetylenes is 1. The second-order valence-electron chi connectivity index (χ2n) is 4.01. The zero-order valence-corrected chi connectivity index (χ0v) is 9.33. The van der Waals surface area contributed by atoms with Gasteiger partial charge in [-0.1, -0.05) is 12.8 Å². The molecule has 0 aromatic carbocycles. The number of carbonyl (C=O) groups excluding carboxylic acids is 2. The van der Waals surface area contributed by atoms with E-state index >= 15 is 0 Å². The van der Waals surface area contributed by atoms with Crippen LogP contribution in [0.2, 0.25) is 0 Å². The lowest BCUT2D eigenvalue weighted by Gasteiger charge is -2.40. The van der Waals surface area contributed by atoms with Crippen molar-refractivity contribution in [1.29, 1.82) is 0 Å². The van der Waals surface area contributed by atoms with Crippen LogP contribution in [0.5, 0.6) is 0 Å². The van der Waals surface area contributed by atoms with Gasteiger partial charge in [-0.3, -0.25) is 9.59 Å². The zero-order valence-electron chi connectivity index (χ0n) is 9.33. The van der Waals surface area contributed by atoms with Crippen LogP contribution in [0.15, 0.2) is 0 Å². The van der Waals surface area contributed by atoms with Gasteiger partial charge in [0.2, 0.25) is 11.8 Å². The van der Waals surface area contributed by atoms with Crippen LogP contribution in [-0.2, 0) is 9.59 Å². The van der Waals surface area contributed by atoms with Crippen LogP contribution in [0, 0.1) is 12.3 Å². The van der Waals surface area contributed by atoms with Crippen molar-refractivity contribution in [3.8, 4) is 12.3 Å². The van der Waals surface area contributed by atoms with Crippen LogP contribution in [0.1, 0.15) is 27.2 Å². The van der Waals surface area contributed by atoms with E-state index in [1.54, 1.807) is 13.8 Å². The van der Waals surface area contributed by atoms with E-state index in [0.29, 0.717) is 6.42 Å². The number of hydrogen-bond acceptors (Lipinski definition) is 2. The van der Waals surface area contributed by atoms with E-state index in [-0.39, 0.29) is 24.4 Å². The van der Waals surface area contributed by atoms with Crippen molar-refractivity contribution in [3.63, 3.8) is 0 Å². The average molecular weight is 208 g/mol. The van der Waals surface area contributed by atoms with Crippen molar-refractivity contribution in [2.24, 2.45) is 0 Å². The summed E-state index contributed by atoms with van der Waals surface area (Å²) in [6, 6.07) is -0.338. The number of piperazine rings is 1. The molecule has 0 aromatic heterocycles. The molecule has 15 heavy (non-hydrogen) atoms. The third-order valence-corrected chi connectivity index (χ3v) is 2.88. The summed E-state index contributed by atoms with van der Waals surface area (Å²) in [5.41, 5.74) is -0.805. The highest BCUT2D eigenvalue weighted by molar-refractivity contribution is 5.98. The first kappa shape index (κ1) is 11.6. The number of hydrogen-bond donors (Lipinski definition) is 1. The summed E-state index contributed by atoms with van der Waals surface area (Å²) in [5.74, 6) is 2.22. The standard InChI is InChI=1S/C11H16N2O2/c1-5-8(3)13-7-9(14)12-11(4,6-2)10(13)15/h1,8H,6-7H2,2-4H3,(H,12,14). The maximum atomic E-state index is 12.0. The molecule has 2 amide bonds. The first-order valence-electron chi connectivity index (χ1n) is 5.03. The molecule has 82 valence electrons. The molecule has 1 N–H and O–H groups in total. The van der Waals surface area contributed by atoms with Gasteiger partial charge in [0.1, 0.15) is 12.1 Å². The number of rotatable bonds is 2. The van der Waals surface area contributed by atoms with E-state index in [9.17, 15) is 9.59 Å². The summed E-state index contributed by atoms with van der Waals surface area (Å²) in [7, 11) is 0. The van der Waals surface area contributed by atoms with Crippen LogP contribution in [0.3, 0.4) is 0 Å². The van der Waals surface area contributed by atoms with Crippen LogP contribution in [-0.4, -0.2) is 34.8 Å². The van der Waals surface area contributed by atoms with Crippen molar-refractivity contribution in [2.45, 2.75) is 38.8 Å². The minimum atomic E-state index is -0.805. The van der Waals surface area contributed by atoms with Crippen molar-refractivity contribution in [2.75, 3.05) is 6.54 Å². The quantitative estimate of drug-likeness (QED) is 0.656. The molecular weight excluding hydrogens is 192 g/mol. The lowest BCUT2D eigenvalue weighted by molar-refractivity contribution is -0.150. The Morgan fingerprint density at radius 3 is 2.73 bits per heavy atom. The Hall–Kier alpha value is -1.50. The van der Waals surface area contributed by atoms with Gasteiger partial charge in [0.05, 0.1) is 6.04 Å². The van der Waals surface area contributed by atoms with Crippen molar-refractivity contribution < 1.29 is 9.59 Å². The molecule has 4 nitrogen and oxygen atoms in total. The summed E-state index contributed by atoms with van der Waals surface area (Å²) >= 11 is 0. The number of nitrogens with one attached hydrogen (secondary N) is 1. The molecule has 2 unspecified atom stereocenters. The largest absolute Gasteiger partial charge is 0.340 e. The summed E-state index contributed by atoms with van der Waals surface area (Å²) in [4.78, 5) is 24.9. The Balaban J connectivity index is 2.97. The van der Waals surface area contributed by atoms with E-state index in [1.165, 1.54) is 4.90 Å². The Bertz CT molecular complexity index is 332. The third kappa shape index (κ3) is 1.96. The van der Waals surface area contributed by atoms with E-state index < -0.39 is 5.54 Å². The number of carbonyl (C=O) groups is 2. The van der Waals surface area contributed by atoms with Gasteiger partial charge in [-0.25, -0.2) is 0 Å². The first-order chi connectivity index (χ1) is 6.94. The molecule has 0 radical (unpaired) electrons. The molecule has 1 fully saturated rings. The summed E-state index contributed by atoms with van der Waals surface area (Å²) in [5, 5.41) is 2.70. The second-order valence-corrected chi connectivity index (χ2v) is 4.01. The van der Waals surface area contributed by atoms with E-state index in [4.69, 9.17) is 6.42 Å². The van der Waals surface area contributed by atoms with Gasteiger partial charge in [0.15, 0.2) is 0 Å². The van der Waals surface area contributed by atoms with Crippen molar-refractivity contribution >= 4 is 11.8 Å². The fourth-order valence-corrected chi connectivity index (χ4v) is 1.59. The first-order valence-corrected chi connectivity index (χ1v) is 5.03. The molecule has 0 bridgehead atoms. The van der Waals surface area contributed by atoms with Crippen molar-refractivity contribution in [3.05, 3.63) is 0 Å².